The van der Waals surface area contributed by atoms with Crippen molar-refractivity contribution in [3.8, 4) is 0 Å². The van der Waals surface area contributed by atoms with Gasteiger partial charge in [-0.15, -0.1) is 0 Å². The van der Waals surface area contributed by atoms with Crippen LogP contribution in [0.2, 0.25) is 0 Å². The predicted octanol–water partition coefficient (Wildman–Crippen LogP) is 0.436. The van der Waals surface area contributed by atoms with Gasteiger partial charge < -0.3 is 15.1 Å². The highest BCUT2D eigenvalue weighted by Gasteiger charge is 2.37. The molecule has 1 aromatic heterocycles. The van der Waals surface area contributed by atoms with E-state index in [1.165, 1.54) is 4.90 Å². The standard InChI is InChI=1S/C17H19N3O4/c1-19(10-15(22)23)13-8-20(9-14(13)21)17(24)16-12-5-3-2-4-11(12)6-7-18-16/h2-7,13-14,21H,8-10H2,1H3,(H,22,23)/t13?,14-/m1/s1. The number of β-amino-alcohol motifs (C(OH)–C–C–N with tert-alkyl or cyclic N) is 1. The lowest BCUT2D eigenvalue weighted by Gasteiger charge is -2.24. The number of nitrogens with zero attached hydrogens (tertiary/aromatic N) is 3. The normalized spacial score (nSPS) is 20.7. The van der Waals surface area contributed by atoms with E-state index in [4.69, 9.17) is 5.11 Å². The number of benzene rings is 1. The van der Waals surface area contributed by atoms with Crippen LogP contribution in [0.4, 0.5) is 0 Å². The number of rotatable bonds is 4. The Labute approximate surface area is 139 Å². The van der Waals surface area contributed by atoms with Crippen LogP contribution in [0.5, 0.6) is 0 Å². The van der Waals surface area contributed by atoms with E-state index >= 15 is 0 Å². The van der Waals surface area contributed by atoms with E-state index in [9.17, 15) is 14.7 Å². The molecular weight excluding hydrogens is 310 g/mol. The number of carboxylic acid groups (broad SMARTS) is 1. The largest absolute Gasteiger partial charge is 0.480 e. The van der Waals surface area contributed by atoms with Gasteiger partial charge in [-0.05, 0) is 18.5 Å². The quantitative estimate of drug-likeness (QED) is 0.845. The fourth-order valence-corrected chi connectivity index (χ4v) is 3.14. The van der Waals surface area contributed by atoms with Crippen molar-refractivity contribution in [3.05, 3.63) is 42.2 Å². The van der Waals surface area contributed by atoms with Crippen LogP contribution in [0.25, 0.3) is 10.8 Å². The molecule has 3 rings (SSSR count). The first-order valence-electron chi connectivity index (χ1n) is 7.70. The monoisotopic (exact) mass is 329 g/mol. The number of fused-ring (bicyclic) bond motifs is 1. The molecule has 0 radical (unpaired) electrons. The van der Waals surface area contributed by atoms with E-state index in [0.717, 1.165) is 10.8 Å². The van der Waals surface area contributed by atoms with Crippen LogP contribution >= 0.6 is 0 Å². The molecule has 126 valence electrons. The molecule has 7 heteroatoms. The van der Waals surface area contributed by atoms with Crippen LogP contribution in [0.15, 0.2) is 36.5 Å². The van der Waals surface area contributed by atoms with Crippen LogP contribution in [0.3, 0.4) is 0 Å². The molecule has 2 heterocycles. The van der Waals surface area contributed by atoms with Gasteiger partial charge in [-0.2, -0.15) is 0 Å². The Bertz CT molecular complexity index is 774. The average Bonchev–Trinajstić information content (AvgIpc) is 2.95. The molecule has 2 atom stereocenters. The third-order valence-electron chi connectivity index (χ3n) is 4.37. The summed E-state index contributed by atoms with van der Waals surface area (Å²) in [7, 11) is 1.63. The summed E-state index contributed by atoms with van der Waals surface area (Å²) in [5.74, 6) is -1.22. The van der Waals surface area contributed by atoms with Crippen LogP contribution < -0.4 is 0 Å². The summed E-state index contributed by atoms with van der Waals surface area (Å²) >= 11 is 0. The van der Waals surface area contributed by atoms with Gasteiger partial charge in [0.05, 0.1) is 18.7 Å². The Kier molecular flexibility index (Phi) is 4.46. The molecule has 1 fully saturated rings. The number of amides is 1. The second-order valence-electron chi connectivity index (χ2n) is 6.03. The molecule has 1 unspecified atom stereocenters. The molecule has 1 aliphatic rings. The number of hydrogen-bond acceptors (Lipinski definition) is 5. The van der Waals surface area contributed by atoms with Gasteiger partial charge in [0.25, 0.3) is 5.91 Å². The van der Waals surface area contributed by atoms with Gasteiger partial charge in [0.15, 0.2) is 0 Å². The summed E-state index contributed by atoms with van der Waals surface area (Å²) in [5.41, 5.74) is 0.349. The number of carbonyl (C=O) groups is 2. The van der Waals surface area contributed by atoms with Crippen molar-refractivity contribution >= 4 is 22.6 Å². The second kappa shape index (κ2) is 6.54. The molecule has 2 aromatic rings. The van der Waals surface area contributed by atoms with E-state index in [-0.39, 0.29) is 25.5 Å². The number of carbonyl (C=O) groups excluding carboxylic acids is 1. The molecule has 1 amide bonds. The van der Waals surface area contributed by atoms with Gasteiger partial charge in [-0.1, -0.05) is 24.3 Å². The Hall–Kier alpha value is -2.51. The first-order chi connectivity index (χ1) is 11.5. The molecule has 0 aliphatic carbocycles. The van der Waals surface area contributed by atoms with Gasteiger partial charge in [-0.3, -0.25) is 19.5 Å². The lowest BCUT2D eigenvalue weighted by molar-refractivity contribution is -0.138. The van der Waals surface area contributed by atoms with Gasteiger partial charge >= 0.3 is 5.97 Å². The van der Waals surface area contributed by atoms with E-state index in [1.54, 1.807) is 18.1 Å². The summed E-state index contributed by atoms with van der Waals surface area (Å²) in [4.78, 5) is 31.0. The number of aliphatic hydroxyl groups excluding tert-OH is 1. The highest BCUT2D eigenvalue weighted by atomic mass is 16.4. The maximum absolute atomic E-state index is 12.8. The zero-order valence-electron chi connectivity index (χ0n) is 13.3. The first-order valence-corrected chi connectivity index (χ1v) is 7.70. The minimum Gasteiger partial charge on any atom is -0.480 e. The average molecular weight is 329 g/mol. The molecule has 0 bridgehead atoms. The first kappa shape index (κ1) is 16.4. The molecule has 24 heavy (non-hydrogen) atoms. The topological polar surface area (TPSA) is 94.0 Å². The zero-order valence-corrected chi connectivity index (χ0v) is 13.3. The maximum atomic E-state index is 12.8. The molecular formula is C17H19N3O4. The van der Waals surface area contributed by atoms with Crippen molar-refractivity contribution in [1.82, 2.24) is 14.8 Å². The van der Waals surface area contributed by atoms with E-state index in [0.29, 0.717) is 5.69 Å². The lowest BCUT2D eigenvalue weighted by atomic mass is 10.1. The molecule has 0 spiro atoms. The predicted molar refractivity (Wildman–Crippen MR) is 87.7 cm³/mol. The summed E-state index contributed by atoms with van der Waals surface area (Å²) in [6.45, 7) is 0.253. The van der Waals surface area contributed by atoms with Crippen molar-refractivity contribution < 1.29 is 19.8 Å². The van der Waals surface area contributed by atoms with Crippen molar-refractivity contribution in [2.75, 3.05) is 26.7 Å². The second-order valence-corrected chi connectivity index (χ2v) is 6.03. The van der Waals surface area contributed by atoms with Crippen LogP contribution in [0, 0.1) is 0 Å². The van der Waals surface area contributed by atoms with Gasteiger partial charge in [0, 0.05) is 24.7 Å². The summed E-state index contributed by atoms with van der Waals surface area (Å²) in [5, 5.41) is 20.8. The lowest BCUT2D eigenvalue weighted by Crippen LogP contribution is -2.43. The number of hydrogen-bond donors (Lipinski definition) is 2. The van der Waals surface area contributed by atoms with Crippen molar-refractivity contribution in [1.29, 1.82) is 0 Å². The highest BCUT2D eigenvalue weighted by molar-refractivity contribution is 6.05. The third-order valence-corrected chi connectivity index (χ3v) is 4.37. The zero-order chi connectivity index (χ0) is 17.3. The minimum atomic E-state index is -0.967. The minimum absolute atomic E-state index is 0.165. The van der Waals surface area contributed by atoms with Gasteiger partial charge in [0.1, 0.15) is 5.69 Å². The molecule has 1 saturated heterocycles. The molecule has 1 aliphatic heterocycles. The van der Waals surface area contributed by atoms with Crippen molar-refractivity contribution in [2.45, 2.75) is 12.1 Å². The van der Waals surface area contributed by atoms with Gasteiger partial charge in [0.2, 0.25) is 0 Å². The number of pyridine rings is 1. The number of likely N-dealkylation sites (tertiary alicyclic amines) is 1. The Morgan fingerprint density at radius 3 is 2.79 bits per heavy atom. The summed E-state index contributed by atoms with van der Waals surface area (Å²) in [6.07, 6.45) is 0.809. The van der Waals surface area contributed by atoms with Crippen LogP contribution in [-0.4, -0.2) is 75.7 Å². The smallest absolute Gasteiger partial charge is 0.317 e. The number of aliphatic hydroxyl groups is 1. The number of aliphatic carboxylic acids is 1. The number of carboxylic acids is 1. The van der Waals surface area contributed by atoms with Crippen molar-refractivity contribution in [3.63, 3.8) is 0 Å². The maximum Gasteiger partial charge on any atom is 0.317 e. The number of likely N-dealkylation sites (N-methyl/N-ethyl adjacent to an activating group) is 1. The summed E-state index contributed by atoms with van der Waals surface area (Å²) in [6, 6.07) is 8.94. The highest BCUT2D eigenvalue weighted by Crippen LogP contribution is 2.21. The SMILES string of the molecule is CN(CC(=O)O)C1CN(C(=O)c2nccc3ccccc23)C[C@H]1O. The number of aromatic nitrogens is 1. The molecule has 7 nitrogen and oxygen atoms in total. The third kappa shape index (κ3) is 3.08. The molecule has 1 aromatic carbocycles. The van der Waals surface area contributed by atoms with Crippen LogP contribution in [0.1, 0.15) is 10.5 Å². The van der Waals surface area contributed by atoms with Crippen LogP contribution in [-0.2, 0) is 4.79 Å². The fraction of sp³-hybridized carbons (Fsp3) is 0.353. The Morgan fingerprint density at radius 2 is 2.04 bits per heavy atom. The molecule has 0 saturated carbocycles. The van der Waals surface area contributed by atoms with E-state index in [1.807, 2.05) is 30.3 Å². The molecule has 2 N–H and O–H groups in total. The Morgan fingerprint density at radius 1 is 1.29 bits per heavy atom. The van der Waals surface area contributed by atoms with E-state index < -0.39 is 18.1 Å². The Balaban J connectivity index is 1.82. The fourth-order valence-electron chi connectivity index (χ4n) is 3.14. The van der Waals surface area contributed by atoms with E-state index in [2.05, 4.69) is 4.98 Å². The van der Waals surface area contributed by atoms with Crippen molar-refractivity contribution in [2.24, 2.45) is 0 Å². The van der Waals surface area contributed by atoms with Gasteiger partial charge in [-0.25, -0.2) is 0 Å². The summed E-state index contributed by atoms with van der Waals surface area (Å²) < 4.78 is 0.